The van der Waals surface area contributed by atoms with Gasteiger partial charge in [0.2, 0.25) is 5.91 Å². The van der Waals surface area contributed by atoms with Gasteiger partial charge in [-0.2, -0.15) is 0 Å². The van der Waals surface area contributed by atoms with Gasteiger partial charge < -0.3 is 10.0 Å². The van der Waals surface area contributed by atoms with E-state index in [1.165, 1.54) is 17.0 Å². The lowest BCUT2D eigenvalue weighted by atomic mass is 9.93. The van der Waals surface area contributed by atoms with E-state index in [9.17, 15) is 19.1 Å². The Labute approximate surface area is 124 Å². The molecule has 1 aromatic carbocycles. The Kier molecular flexibility index (Phi) is 4.13. The van der Waals surface area contributed by atoms with Crippen LogP contribution in [-0.4, -0.2) is 27.9 Å². The Hall–Kier alpha value is -1.43. The summed E-state index contributed by atoms with van der Waals surface area (Å²) in [6.07, 6.45) is -0.0458. The fourth-order valence-electron chi connectivity index (χ4n) is 2.67. The minimum atomic E-state index is -1.03. The molecule has 6 heteroatoms. The summed E-state index contributed by atoms with van der Waals surface area (Å²) in [5, 5.41) is 9.30. The van der Waals surface area contributed by atoms with Crippen LogP contribution in [0, 0.1) is 11.7 Å². The lowest BCUT2D eigenvalue weighted by molar-refractivity contribution is -0.142. The molecule has 2 rings (SSSR count). The molecule has 1 saturated heterocycles. The van der Waals surface area contributed by atoms with Crippen LogP contribution in [0.5, 0.6) is 0 Å². The Bertz CT molecular complexity index is 561. The standard InChI is InChI=1S/C14H15BrFNO3/c1-7(2)17-12(18)6-9(14(19)20)13(17)8-3-4-10(15)11(16)5-8/h3-5,7,9,13H,6H2,1-2H3,(H,19,20). The topological polar surface area (TPSA) is 57.6 Å². The predicted octanol–water partition coefficient (Wildman–Crippen LogP) is 2.97. The third-order valence-electron chi connectivity index (χ3n) is 3.52. The summed E-state index contributed by atoms with van der Waals surface area (Å²) in [6, 6.07) is 3.72. The number of halogens is 2. The first-order valence-corrected chi connectivity index (χ1v) is 7.11. The summed E-state index contributed by atoms with van der Waals surface area (Å²) < 4.78 is 14.0. The van der Waals surface area contributed by atoms with Crippen molar-refractivity contribution in [2.45, 2.75) is 32.4 Å². The van der Waals surface area contributed by atoms with Crippen LogP contribution in [0.3, 0.4) is 0 Å². The number of benzene rings is 1. The van der Waals surface area contributed by atoms with Crippen LogP contribution in [-0.2, 0) is 9.59 Å². The Morgan fingerprint density at radius 1 is 1.50 bits per heavy atom. The van der Waals surface area contributed by atoms with E-state index in [2.05, 4.69) is 15.9 Å². The summed E-state index contributed by atoms with van der Waals surface area (Å²) in [6.45, 7) is 3.65. The fourth-order valence-corrected chi connectivity index (χ4v) is 2.92. The molecule has 1 aromatic rings. The second-order valence-corrected chi connectivity index (χ2v) is 6.02. The highest BCUT2D eigenvalue weighted by Gasteiger charge is 2.45. The Morgan fingerprint density at radius 3 is 2.65 bits per heavy atom. The molecule has 1 aliphatic heterocycles. The number of carbonyl (C=O) groups is 2. The van der Waals surface area contributed by atoms with Gasteiger partial charge in [-0.05, 0) is 47.5 Å². The van der Waals surface area contributed by atoms with E-state index in [0.29, 0.717) is 10.0 Å². The molecule has 0 bridgehead atoms. The van der Waals surface area contributed by atoms with Gasteiger partial charge in [-0.15, -0.1) is 0 Å². The number of carboxylic acids is 1. The Morgan fingerprint density at radius 2 is 2.15 bits per heavy atom. The number of aliphatic carboxylic acids is 1. The van der Waals surface area contributed by atoms with Gasteiger partial charge in [0.15, 0.2) is 0 Å². The van der Waals surface area contributed by atoms with Gasteiger partial charge >= 0.3 is 5.97 Å². The monoisotopic (exact) mass is 343 g/mol. The van der Waals surface area contributed by atoms with E-state index in [-0.39, 0.29) is 18.4 Å². The van der Waals surface area contributed by atoms with Crippen LogP contribution >= 0.6 is 15.9 Å². The highest BCUT2D eigenvalue weighted by molar-refractivity contribution is 9.10. The van der Waals surface area contributed by atoms with Crippen molar-refractivity contribution in [1.82, 2.24) is 4.90 Å². The molecule has 2 atom stereocenters. The van der Waals surface area contributed by atoms with Crippen molar-refractivity contribution in [2.24, 2.45) is 5.92 Å². The van der Waals surface area contributed by atoms with Crippen LogP contribution in [0.1, 0.15) is 31.9 Å². The van der Waals surface area contributed by atoms with E-state index >= 15 is 0 Å². The molecular formula is C14H15BrFNO3. The zero-order valence-electron chi connectivity index (χ0n) is 11.1. The first-order valence-electron chi connectivity index (χ1n) is 6.32. The molecule has 0 aliphatic carbocycles. The van der Waals surface area contributed by atoms with Crippen LogP contribution < -0.4 is 0 Å². The molecule has 0 spiro atoms. The quantitative estimate of drug-likeness (QED) is 0.917. The van der Waals surface area contributed by atoms with E-state index in [1.54, 1.807) is 6.07 Å². The molecule has 108 valence electrons. The number of carbonyl (C=O) groups excluding carboxylic acids is 1. The largest absolute Gasteiger partial charge is 0.481 e. The lowest BCUT2D eigenvalue weighted by Crippen LogP contribution is -2.36. The smallest absolute Gasteiger partial charge is 0.309 e. The van der Waals surface area contributed by atoms with Crippen molar-refractivity contribution in [1.29, 1.82) is 0 Å². The van der Waals surface area contributed by atoms with Gasteiger partial charge in [0, 0.05) is 12.5 Å². The van der Waals surface area contributed by atoms with Crippen molar-refractivity contribution < 1.29 is 19.1 Å². The van der Waals surface area contributed by atoms with E-state index in [4.69, 9.17) is 0 Å². The molecule has 1 fully saturated rings. The molecule has 1 amide bonds. The van der Waals surface area contributed by atoms with Crippen molar-refractivity contribution in [3.63, 3.8) is 0 Å². The molecule has 0 aromatic heterocycles. The lowest BCUT2D eigenvalue weighted by Gasteiger charge is -2.30. The maximum atomic E-state index is 13.7. The second-order valence-electron chi connectivity index (χ2n) is 5.16. The first-order chi connectivity index (χ1) is 9.32. The summed E-state index contributed by atoms with van der Waals surface area (Å²) in [5.74, 6) is -2.55. The Balaban J connectivity index is 2.48. The van der Waals surface area contributed by atoms with E-state index < -0.39 is 23.7 Å². The number of likely N-dealkylation sites (tertiary alicyclic amines) is 1. The highest BCUT2D eigenvalue weighted by atomic mass is 79.9. The molecule has 1 aliphatic rings. The van der Waals surface area contributed by atoms with Gasteiger partial charge in [0.1, 0.15) is 5.82 Å². The summed E-state index contributed by atoms with van der Waals surface area (Å²) in [7, 11) is 0. The average Bonchev–Trinajstić information content (AvgIpc) is 2.70. The number of nitrogens with zero attached hydrogens (tertiary/aromatic N) is 1. The van der Waals surface area contributed by atoms with Crippen molar-refractivity contribution in [3.05, 3.63) is 34.1 Å². The molecule has 20 heavy (non-hydrogen) atoms. The zero-order chi connectivity index (χ0) is 15.0. The molecule has 4 nitrogen and oxygen atoms in total. The SMILES string of the molecule is CC(C)N1C(=O)CC(C(=O)O)C1c1ccc(Br)c(F)c1. The summed E-state index contributed by atoms with van der Waals surface area (Å²) in [4.78, 5) is 24.9. The zero-order valence-corrected chi connectivity index (χ0v) is 12.7. The predicted molar refractivity (Wildman–Crippen MR) is 74.6 cm³/mol. The number of amides is 1. The second kappa shape index (κ2) is 5.52. The van der Waals surface area contributed by atoms with Gasteiger partial charge in [-0.25, -0.2) is 4.39 Å². The average molecular weight is 344 g/mol. The molecule has 1 heterocycles. The molecular weight excluding hydrogens is 329 g/mol. The summed E-state index contributed by atoms with van der Waals surface area (Å²) in [5.41, 5.74) is 0.512. The van der Waals surface area contributed by atoms with Crippen LogP contribution in [0.25, 0.3) is 0 Å². The van der Waals surface area contributed by atoms with Gasteiger partial charge in [-0.3, -0.25) is 9.59 Å². The van der Waals surface area contributed by atoms with Crippen LogP contribution in [0.15, 0.2) is 22.7 Å². The molecule has 1 N–H and O–H groups in total. The number of carboxylic acid groups (broad SMARTS) is 1. The third-order valence-corrected chi connectivity index (χ3v) is 4.17. The van der Waals surface area contributed by atoms with Crippen LogP contribution in [0.4, 0.5) is 4.39 Å². The molecule has 2 unspecified atom stereocenters. The highest BCUT2D eigenvalue weighted by Crippen LogP contribution is 2.40. The first kappa shape index (κ1) is 15.0. The van der Waals surface area contributed by atoms with Gasteiger partial charge in [0.25, 0.3) is 0 Å². The minimum absolute atomic E-state index is 0.0458. The number of rotatable bonds is 3. The van der Waals surface area contributed by atoms with E-state index in [0.717, 1.165) is 0 Å². The maximum absolute atomic E-state index is 13.7. The van der Waals surface area contributed by atoms with Crippen LogP contribution in [0.2, 0.25) is 0 Å². The van der Waals surface area contributed by atoms with Gasteiger partial charge in [0.05, 0.1) is 16.4 Å². The maximum Gasteiger partial charge on any atom is 0.309 e. The number of hydrogen-bond donors (Lipinski definition) is 1. The van der Waals surface area contributed by atoms with Gasteiger partial charge in [-0.1, -0.05) is 6.07 Å². The normalized spacial score (nSPS) is 22.6. The minimum Gasteiger partial charge on any atom is -0.481 e. The number of hydrogen-bond acceptors (Lipinski definition) is 2. The van der Waals surface area contributed by atoms with Crippen molar-refractivity contribution >= 4 is 27.8 Å². The third kappa shape index (κ3) is 2.57. The molecule has 0 radical (unpaired) electrons. The van der Waals surface area contributed by atoms with Crippen molar-refractivity contribution in [3.8, 4) is 0 Å². The summed E-state index contributed by atoms with van der Waals surface area (Å²) >= 11 is 3.07. The molecule has 0 saturated carbocycles. The van der Waals surface area contributed by atoms with E-state index in [1.807, 2.05) is 13.8 Å². The fraction of sp³-hybridized carbons (Fsp3) is 0.429. The van der Waals surface area contributed by atoms with Crippen molar-refractivity contribution in [2.75, 3.05) is 0 Å².